The molecule has 0 unspecified atom stereocenters. The first-order valence-corrected chi connectivity index (χ1v) is 5.87. The lowest BCUT2D eigenvalue weighted by Gasteiger charge is -2.03. The predicted octanol–water partition coefficient (Wildman–Crippen LogP) is 0.170. The van der Waals surface area contributed by atoms with E-state index in [-0.39, 0.29) is 18.5 Å². The van der Waals surface area contributed by atoms with Crippen LogP contribution in [0.2, 0.25) is 0 Å². The second-order valence-corrected chi connectivity index (χ2v) is 3.77. The Morgan fingerprint density at radius 3 is 2.85 bits per heavy atom. The van der Waals surface area contributed by atoms with E-state index in [1.807, 2.05) is 6.07 Å². The fraction of sp³-hybridized carbons (Fsp3) is 0.231. The fourth-order valence-electron chi connectivity index (χ4n) is 1.29. The van der Waals surface area contributed by atoms with Crippen LogP contribution in [-0.2, 0) is 16.1 Å². The molecular formula is C13H14N4O3. The highest BCUT2D eigenvalue weighted by Crippen LogP contribution is 1.94. The average Bonchev–Trinajstić information content (AvgIpc) is 2.44. The standard InChI is InChI=1S/C13H14N4O3/c14-7-10(13(20)17-6-4-12(18)19)8-15-9-11-3-1-2-5-16-11/h1-3,5,8,15H,4,6,9H2,(H,17,20)(H,18,19)/b10-8-. The van der Waals surface area contributed by atoms with Crippen LogP contribution in [0.4, 0.5) is 0 Å². The highest BCUT2D eigenvalue weighted by atomic mass is 16.4. The van der Waals surface area contributed by atoms with E-state index in [1.54, 1.807) is 24.4 Å². The summed E-state index contributed by atoms with van der Waals surface area (Å²) in [6.45, 7) is 0.363. The first kappa shape index (κ1) is 15.2. The number of rotatable bonds is 7. The van der Waals surface area contributed by atoms with Crippen molar-refractivity contribution in [1.82, 2.24) is 15.6 Å². The third kappa shape index (κ3) is 5.64. The lowest BCUT2D eigenvalue weighted by Crippen LogP contribution is -2.27. The molecule has 1 rings (SSSR count). The summed E-state index contributed by atoms with van der Waals surface area (Å²) >= 11 is 0. The fourth-order valence-corrected chi connectivity index (χ4v) is 1.29. The number of hydrogen-bond donors (Lipinski definition) is 3. The van der Waals surface area contributed by atoms with E-state index < -0.39 is 11.9 Å². The van der Waals surface area contributed by atoms with Crippen molar-refractivity contribution >= 4 is 11.9 Å². The number of aliphatic carboxylic acids is 1. The number of nitrogens with one attached hydrogen (secondary N) is 2. The number of hydrogen-bond acceptors (Lipinski definition) is 5. The van der Waals surface area contributed by atoms with Gasteiger partial charge in [-0.15, -0.1) is 0 Å². The topological polar surface area (TPSA) is 115 Å². The van der Waals surface area contributed by atoms with Gasteiger partial charge in [0.1, 0.15) is 11.6 Å². The van der Waals surface area contributed by atoms with Gasteiger partial charge in [-0.1, -0.05) is 6.07 Å². The SMILES string of the molecule is N#C/C(=C/NCc1ccccn1)C(=O)NCCC(=O)O. The molecule has 1 amide bonds. The summed E-state index contributed by atoms with van der Waals surface area (Å²) in [5.74, 6) is -1.62. The number of nitriles is 1. The van der Waals surface area contributed by atoms with Gasteiger partial charge in [0.25, 0.3) is 5.91 Å². The minimum atomic E-state index is -1.01. The number of carboxylic acid groups (broad SMARTS) is 1. The van der Waals surface area contributed by atoms with E-state index in [9.17, 15) is 9.59 Å². The largest absolute Gasteiger partial charge is 0.481 e. The Balaban J connectivity index is 2.44. The van der Waals surface area contributed by atoms with Crippen LogP contribution in [0.5, 0.6) is 0 Å². The zero-order chi connectivity index (χ0) is 14.8. The number of carbonyl (C=O) groups is 2. The van der Waals surface area contributed by atoms with Gasteiger partial charge in [0.2, 0.25) is 0 Å². The van der Waals surface area contributed by atoms with Crippen molar-refractivity contribution in [3.63, 3.8) is 0 Å². The average molecular weight is 274 g/mol. The molecule has 0 aliphatic rings. The van der Waals surface area contributed by atoms with Gasteiger partial charge >= 0.3 is 5.97 Å². The quantitative estimate of drug-likeness (QED) is 0.482. The normalized spacial score (nSPS) is 10.4. The summed E-state index contributed by atoms with van der Waals surface area (Å²) in [6, 6.07) is 7.17. The molecule has 7 heteroatoms. The first-order valence-electron chi connectivity index (χ1n) is 5.87. The molecule has 0 spiro atoms. The molecule has 20 heavy (non-hydrogen) atoms. The van der Waals surface area contributed by atoms with Crippen molar-refractivity contribution < 1.29 is 14.7 Å². The summed E-state index contributed by atoms with van der Waals surface area (Å²) in [5.41, 5.74) is 0.652. The molecule has 0 fully saturated rings. The molecule has 0 radical (unpaired) electrons. The van der Waals surface area contributed by atoms with E-state index in [2.05, 4.69) is 15.6 Å². The molecule has 0 aromatic carbocycles. The number of amides is 1. The van der Waals surface area contributed by atoms with E-state index in [0.717, 1.165) is 5.69 Å². The first-order chi connectivity index (χ1) is 9.63. The number of pyridine rings is 1. The molecule has 7 nitrogen and oxygen atoms in total. The second-order valence-electron chi connectivity index (χ2n) is 3.77. The lowest BCUT2D eigenvalue weighted by atomic mass is 10.3. The Morgan fingerprint density at radius 1 is 1.45 bits per heavy atom. The number of nitrogens with zero attached hydrogens (tertiary/aromatic N) is 2. The van der Waals surface area contributed by atoms with Crippen LogP contribution < -0.4 is 10.6 Å². The zero-order valence-electron chi connectivity index (χ0n) is 10.7. The molecule has 104 valence electrons. The van der Waals surface area contributed by atoms with Crippen LogP contribution in [0.15, 0.2) is 36.2 Å². The minimum Gasteiger partial charge on any atom is -0.481 e. The molecule has 0 aliphatic carbocycles. The maximum Gasteiger partial charge on any atom is 0.305 e. The van der Waals surface area contributed by atoms with Gasteiger partial charge in [0.05, 0.1) is 18.7 Å². The number of carboxylic acids is 1. The molecule has 0 aliphatic heterocycles. The Kier molecular flexibility index (Phi) is 6.27. The smallest absolute Gasteiger partial charge is 0.305 e. The summed E-state index contributed by atoms with van der Waals surface area (Å²) < 4.78 is 0. The molecule has 0 saturated carbocycles. The molecule has 1 aromatic rings. The Hall–Kier alpha value is -2.88. The Bertz CT molecular complexity index is 534. The zero-order valence-corrected chi connectivity index (χ0v) is 10.7. The summed E-state index contributed by atoms with van der Waals surface area (Å²) in [7, 11) is 0. The van der Waals surface area contributed by atoms with Crippen molar-refractivity contribution in [2.75, 3.05) is 6.54 Å². The van der Waals surface area contributed by atoms with Crippen LogP contribution in [-0.4, -0.2) is 28.5 Å². The molecule has 1 heterocycles. The van der Waals surface area contributed by atoms with Gasteiger partial charge in [0, 0.05) is 18.9 Å². The van der Waals surface area contributed by atoms with Crippen molar-refractivity contribution in [1.29, 1.82) is 5.26 Å². The molecule has 0 saturated heterocycles. The van der Waals surface area contributed by atoms with E-state index in [0.29, 0.717) is 6.54 Å². The third-order valence-electron chi connectivity index (χ3n) is 2.25. The van der Waals surface area contributed by atoms with Gasteiger partial charge in [-0.2, -0.15) is 5.26 Å². The summed E-state index contributed by atoms with van der Waals surface area (Å²) in [4.78, 5) is 25.9. The Labute approximate surface area is 115 Å². The van der Waals surface area contributed by atoms with Gasteiger partial charge < -0.3 is 15.7 Å². The van der Waals surface area contributed by atoms with E-state index in [1.165, 1.54) is 6.20 Å². The molecular weight excluding hydrogens is 260 g/mol. The van der Waals surface area contributed by atoms with Gasteiger partial charge in [0.15, 0.2) is 0 Å². The maximum atomic E-state index is 11.5. The highest BCUT2D eigenvalue weighted by Gasteiger charge is 2.08. The van der Waals surface area contributed by atoms with Crippen molar-refractivity contribution in [3.05, 3.63) is 41.9 Å². The van der Waals surface area contributed by atoms with Crippen molar-refractivity contribution in [2.45, 2.75) is 13.0 Å². The molecule has 0 atom stereocenters. The third-order valence-corrected chi connectivity index (χ3v) is 2.25. The maximum absolute atomic E-state index is 11.5. The van der Waals surface area contributed by atoms with Crippen molar-refractivity contribution in [3.8, 4) is 6.07 Å². The summed E-state index contributed by atoms with van der Waals surface area (Å²) in [6.07, 6.45) is 2.74. The minimum absolute atomic E-state index is 0.0204. The van der Waals surface area contributed by atoms with Crippen LogP contribution in [0, 0.1) is 11.3 Å². The Morgan fingerprint density at radius 2 is 2.25 bits per heavy atom. The highest BCUT2D eigenvalue weighted by molar-refractivity contribution is 5.97. The van der Waals surface area contributed by atoms with E-state index >= 15 is 0 Å². The molecule has 0 bridgehead atoms. The van der Waals surface area contributed by atoms with Crippen LogP contribution in [0.3, 0.4) is 0 Å². The van der Waals surface area contributed by atoms with Gasteiger partial charge in [-0.3, -0.25) is 14.6 Å². The second kappa shape index (κ2) is 8.26. The van der Waals surface area contributed by atoms with Crippen LogP contribution in [0.25, 0.3) is 0 Å². The van der Waals surface area contributed by atoms with Crippen LogP contribution >= 0.6 is 0 Å². The lowest BCUT2D eigenvalue weighted by molar-refractivity contribution is -0.136. The van der Waals surface area contributed by atoms with Gasteiger partial charge in [-0.25, -0.2) is 0 Å². The number of aromatic nitrogens is 1. The molecule has 3 N–H and O–H groups in total. The van der Waals surface area contributed by atoms with Crippen molar-refractivity contribution in [2.24, 2.45) is 0 Å². The monoisotopic (exact) mass is 274 g/mol. The van der Waals surface area contributed by atoms with Crippen LogP contribution in [0.1, 0.15) is 12.1 Å². The summed E-state index contributed by atoms with van der Waals surface area (Å²) in [5, 5.41) is 22.4. The molecule has 1 aromatic heterocycles. The van der Waals surface area contributed by atoms with Gasteiger partial charge in [-0.05, 0) is 12.1 Å². The predicted molar refractivity (Wildman–Crippen MR) is 70.0 cm³/mol. The number of carbonyl (C=O) groups excluding carboxylic acids is 1. The van der Waals surface area contributed by atoms with E-state index in [4.69, 9.17) is 10.4 Å².